The third-order valence-corrected chi connectivity index (χ3v) is 2.98. The van der Waals surface area contributed by atoms with Crippen molar-refractivity contribution in [3.8, 4) is 0 Å². The van der Waals surface area contributed by atoms with E-state index in [1.807, 2.05) is 0 Å². The molecule has 0 aromatic carbocycles. The fraction of sp³-hybridized carbons (Fsp3) is 0.800. The highest BCUT2D eigenvalue weighted by Crippen LogP contribution is 2.13. The maximum Gasteiger partial charge on any atom is 0.242 e. The smallest absolute Gasteiger partial charge is 0.242 e. The highest BCUT2D eigenvalue weighted by Gasteiger charge is 2.29. The first kappa shape index (κ1) is 11.3. The molecule has 1 saturated heterocycles. The monoisotopic (exact) mass is 226 g/mol. The average molecular weight is 226 g/mol. The number of hydrazone groups is 1. The molecule has 6 nitrogen and oxygen atoms in total. The molecule has 16 heavy (non-hydrogen) atoms. The Morgan fingerprint density at radius 3 is 3.19 bits per heavy atom. The zero-order valence-corrected chi connectivity index (χ0v) is 9.50. The molecule has 2 N–H and O–H groups in total. The van der Waals surface area contributed by atoms with Crippen LogP contribution in [0.4, 0.5) is 0 Å². The van der Waals surface area contributed by atoms with Gasteiger partial charge in [-0.15, -0.1) is 0 Å². The summed E-state index contributed by atoms with van der Waals surface area (Å²) < 4.78 is 5.63. The summed E-state index contributed by atoms with van der Waals surface area (Å²) in [5.74, 6) is -0.318. The number of likely N-dealkylation sites (N-methyl/N-ethyl adjacent to an activating group) is 1. The summed E-state index contributed by atoms with van der Waals surface area (Å²) in [7, 11) is 2.06. The maximum atomic E-state index is 11.2. The van der Waals surface area contributed by atoms with Crippen LogP contribution in [-0.2, 0) is 9.53 Å². The number of hydrogen-bond acceptors (Lipinski definition) is 5. The van der Waals surface area contributed by atoms with Crippen molar-refractivity contribution in [2.24, 2.45) is 10.8 Å². The molecule has 1 fully saturated rings. The third-order valence-electron chi connectivity index (χ3n) is 2.98. The van der Waals surface area contributed by atoms with Crippen molar-refractivity contribution >= 4 is 12.1 Å². The molecule has 0 spiro atoms. The van der Waals surface area contributed by atoms with Crippen LogP contribution in [0, 0.1) is 0 Å². The van der Waals surface area contributed by atoms with Crippen LogP contribution >= 0.6 is 0 Å². The lowest BCUT2D eigenvalue weighted by molar-refractivity contribution is -0.123. The number of carbonyl (C=O) groups is 1. The zero-order valence-electron chi connectivity index (χ0n) is 9.50. The molecular formula is C10H18N4O2. The van der Waals surface area contributed by atoms with Gasteiger partial charge in [0, 0.05) is 25.7 Å². The van der Waals surface area contributed by atoms with E-state index in [2.05, 4.69) is 17.0 Å². The average Bonchev–Trinajstić information content (AvgIpc) is 2.66. The first-order valence-corrected chi connectivity index (χ1v) is 5.55. The molecule has 0 aromatic rings. The van der Waals surface area contributed by atoms with Crippen LogP contribution in [0.25, 0.3) is 0 Å². The van der Waals surface area contributed by atoms with Crippen LogP contribution in [-0.4, -0.2) is 67.5 Å². The van der Waals surface area contributed by atoms with Gasteiger partial charge in [0.05, 0.1) is 19.3 Å². The van der Waals surface area contributed by atoms with Crippen LogP contribution in [0.2, 0.25) is 0 Å². The second-order valence-corrected chi connectivity index (χ2v) is 4.33. The highest BCUT2D eigenvalue weighted by molar-refractivity contribution is 5.84. The second-order valence-electron chi connectivity index (χ2n) is 4.33. The van der Waals surface area contributed by atoms with Crippen molar-refractivity contribution in [1.29, 1.82) is 0 Å². The molecule has 2 atom stereocenters. The molecule has 1 amide bonds. The van der Waals surface area contributed by atoms with Crippen molar-refractivity contribution < 1.29 is 9.53 Å². The van der Waals surface area contributed by atoms with Gasteiger partial charge >= 0.3 is 0 Å². The molecule has 0 radical (unpaired) electrons. The van der Waals surface area contributed by atoms with Gasteiger partial charge in [-0.05, 0) is 7.05 Å². The van der Waals surface area contributed by atoms with E-state index in [-0.39, 0.29) is 18.1 Å². The maximum absolute atomic E-state index is 11.2. The number of nitrogens with zero attached hydrogens (tertiary/aromatic N) is 3. The molecule has 6 heteroatoms. The SMILES string of the molecule is CN1CCO[C@@H](CN2N=CCC2C(N)=O)C1. The van der Waals surface area contributed by atoms with Crippen LogP contribution in [0.1, 0.15) is 6.42 Å². The van der Waals surface area contributed by atoms with E-state index < -0.39 is 0 Å². The molecule has 2 aliphatic rings. The Morgan fingerprint density at radius 1 is 1.69 bits per heavy atom. The van der Waals surface area contributed by atoms with Gasteiger partial charge < -0.3 is 15.4 Å². The summed E-state index contributed by atoms with van der Waals surface area (Å²) in [4.78, 5) is 13.4. The number of carbonyl (C=O) groups excluding carboxylic acids is 1. The number of primary amides is 1. The topological polar surface area (TPSA) is 71.2 Å². The molecule has 0 saturated carbocycles. The third kappa shape index (κ3) is 2.51. The van der Waals surface area contributed by atoms with E-state index in [1.165, 1.54) is 0 Å². The largest absolute Gasteiger partial charge is 0.374 e. The van der Waals surface area contributed by atoms with Gasteiger partial charge in [0.2, 0.25) is 5.91 Å². The Kier molecular flexibility index (Phi) is 3.40. The molecule has 1 unspecified atom stereocenters. The first-order chi connectivity index (χ1) is 7.66. The molecule has 2 aliphatic heterocycles. The van der Waals surface area contributed by atoms with Gasteiger partial charge in [-0.3, -0.25) is 9.80 Å². The predicted octanol–water partition coefficient (Wildman–Crippen LogP) is -1.14. The second kappa shape index (κ2) is 4.80. The van der Waals surface area contributed by atoms with Crippen LogP contribution in [0.5, 0.6) is 0 Å². The Morgan fingerprint density at radius 2 is 2.50 bits per heavy atom. The summed E-state index contributed by atoms with van der Waals surface area (Å²) in [5.41, 5.74) is 5.31. The Bertz CT molecular complexity index is 295. The standard InChI is InChI=1S/C10H18N4O2/c1-13-4-5-16-8(6-13)7-14-9(10(11)15)2-3-12-14/h3,8-9H,2,4-7H2,1H3,(H2,11,15)/t8-,9?/m1/s1. The lowest BCUT2D eigenvalue weighted by Gasteiger charge is -2.33. The van der Waals surface area contributed by atoms with E-state index in [0.717, 1.165) is 19.7 Å². The molecule has 0 aliphatic carbocycles. The van der Waals surface area contributed by atoms with Gasteiger partial charge in [-0.2, -0.15) is 5.10 Å². The fourth-order valence-electron chi connectivity index (χ4n) is 2.08. The molecular weight excluding hydrogens is 208 g/mol. The Hall–Kier alpha value is -1.14. The molecule has 2 rings (SSSR count). The summed E-state index contributed by atoms with van der Waals surface area (Å²) in [6, 6.07) is -0.296. The van der Waals surface area contributed by atoms with Gasteiger partial charge in [0.15, 0.2) is 0 Å². The fourth-order valence-corrected chi connectivity index (χ4v) is 2.08. The lowest BCUT2D eigenvalue weighted by Crippen LogP contribution is -2.48. The van der Waals surface area contributed by atoms with Gasteiger partial charge in [-0.1, -0.05) is 0 Å². The lowest BCUT2D eigenvalue weighted by atomic mass is 10.2. The van der Waals surface area contributed by atoms with E-state index in [9.17, 15) is 4.79 Å². The van der Waals surface area contributed by atoms with Gasteiger partial charge in [-0.25, -0.2) is 0 Å². The molecule has 90 valence electrons. The van der Waals surface area contributed by atoms with E-state index in [1.54, 1.807) is 11.2 Å². The minimum Gasteiger partial charge on any atom is -0.374 e. The normalized spacial score (nSPS) is 30.9. The van der Waals surface area contributed by atoms with E-state index in [4.69, 9.17) is 10.5 Å². The van der Waals surface area contributed by atoms with Crippen LogP contribution < -0.4 is 5.73 Å². The minimum absolute atomic E-state index is 0.107. The number of rotatable bonds is 3. The zero-order chi connectivity index (χ0) is 11.5. The van der Waals surface area contributed by atoms with Crippen molar-refractivity contribution in [2.75, 3.05) is 33.3 Å². The number of morpholine rings is 1. The predicted molar refractivity (Wildman–Crippen MR) is 60.0 cm³/mol. The minimum atomic E-state index is -0.318. The molecule has 2 heterocycles. The molecule has 0 aromatic heterocycles. The summed E-state index contributed by atoms with van der Waals surface area (Å²) in [6.07, 6.45) is 2.45. The number of amides is 1. The number of ether oxygens (including phenoxy) is 1. The van der Waals surface area contributed by atoms with Crippen molar-refractivity contribution in [1.82, 2.24) is 9.91 Å². The summed E-state index contributed by atoms with van der Waals surface area (Å²) in [6.45, 7) is 3.20. The van der Waals surface area contributed by atoms with Crippen molar-refractivity contribution in [3.63, 3.8) is 0 Å². The van der Waals surface area contributed by atoms with Crippen LogP contribution in [0.15, 0.2) is 5.10 Å². The summed E-state index contributed by atoms with van der Waals surface area (Å²) >= 11 is 0. The Labute approximate surface area is 95.0 Å². The van der Waals surface area contributed by atoms with Crippen molar-refractivity contribution in [2.45, 2.75) is 18.6 Å². The van der Waals surface area contributed by atoms with E-state index in [0.29, 0.717) is 13.0 Å². The van der Waals surface area contributed by atoms with Gasteiger partial charge in [0.25, 0.3) is 0 Å². The van der Waals surface area contributed by atoms with Gasteiger partial charge in [0.1, 0.15) is 6.04 Å². The quantitative estimate of drug-likeness (QED) is 0.660. The number of hydrogen-bond donors (Lipinski definition) is 1. The first-order valence-electron chi connectivity index (χ1n) is 5.55. The highest BCUT2D eigenvalue weighted by atomic mass is 16.5. The Balaban J connectivity index is 1.88. The number of nitrogens with two attached hydrogens (primary N) is 1. The molecule has 0 bridgehead atoms. The van der Waals surface area contributed by atoms with Crippen LogP contribution in [0.3, 0.4) is 0 Å². The van der Waals surface area contributed by atoms with E-state index >= 15 is 0 Å². The summed E-state index contributed by atoms with van der Waals surface area (Å²) in [5, 5.41) is 5.91. The van der Waals surface area contributed by atoms with Crippen molar-refractivity contribution in [3.05, 3.63) is 0 Å².